The zero-order valence-electron chi connectivity index (χ0n) is 9.83. The van der Waals surface area contributed by atoms with Gasteiger partial charge in [-0.3, -0.25) is 0 Å². The molecule has 0 bridgehead atoms. The van der Waals surface area contributed by atoms with E-state index in [4.69, 9.17) is 27.9 Å². The molecule has 106 valence electrons. The number of ether oxygens (including phenoxy) is 1. The van der Waals surface area contributed by atoms with Gasteiger partial charge in [0.2, 0.25) is 10.0 Å². The molecule has 1 aliphatic rings. The van der Waals surface area contributed by atoms with Gasteiger partial charge in [0.1, 0.15) is 4.90 Å². The largest absolute Gasteiger partial charge is 0.381 e. The van der Waals surface area contributed by atoms with Gasteiger partial charge in [0.15, 0.2) is 0 Å². The number of hydrogen-bond donors (Lipinski definition) is 1. The first-order valence-corrected chi connectivity index (χ1v) is 8.68. The molecule has 0 radical (unpaired) electrons. The van der Waals surface area contributed by atoms with Gasteiger partial charge in [-0.1, -0.05) is 39.1 Å². The number of halogens is 3. The molecule has 1 heterocycles. The van der Waals surface area contributed by atoms with Crippen LogP contribution >= 0.6 is 39.1 Å². The van der Waals surface area contributed by atoms with E-state index < -0.39 is 10.0 Å². The predicted octanol–water partition coefficient (Wildman–Crippen LogP) is 3.21. The molecule has 1 aromatic carbocycles. The van der Waals surface area contributed by atoms with Crippen molar-refractivity contribution in [2.75, 3.05) is 13.2 Å². The molecule has 1 saturated heterocycles. The van der Waals surface area contributed by atoms with Crippen molar-refractivity contribution >= 4 is 49.2 Å². The zero-order chi connectivity index (χ0) is 14.0. The molecule has 1 fully saturated rings. The average molecular weight is 389 g/mol. The standard InChI is InChI=1S/C11H12BrCl2NO3S/c12-7-5-9(13)11(10(14)6-7)19(16,17)15-8-1-3-18-4-2-8/h5-6,8,15H,1-4H2. The molecule has 1 aliphatic heterocycles. The Balaban J connectivity index is 2.29. The number of rotatable bonds is 3. The van der Waals surface area contributed by atoms with Gasteiger partial charge in [0.25, 0.3) is 0 Å². The van der Waals surface area contributed by atoms with E-state index in [1.807, 2.05) is 0 Å². The number of nitrogens with one attached hydrogen (secondary N) is 1. The molecule has 0 atom stereocenters. The topological polar surface area (TPSA) is 55.4 Å². The summed E-state index contributed by atoms with van der Waals surface area (Å²) in [7, 11) is -3.73. The molecule has 0 amide bonds. The normalized spacial score (nSPS) is 17.6. The fourth-order valence-corrected chi connectivity index (χ4v) is 5.12. The summed E-state index contributed by atoms with van der Waals surface area (Å²) in [5.74, 6) is 0. The molecular weight excluding hydrogens is 377 g/mol. The highest BCUT2D eigenvalue weighted by Gasteiger charge is 2.26. The van der Waals surface area contributed by atoms with Crippen LogP contribution in [0.3, 0.4) is 0 Å². The second-order valence-corrected chi connectivity index (χ2v) is 7.59. The summed E-state index contributed by atoms with van der Waals surface area (Å²) in [5, 5.41) is 0.192. The second kappa shape index (κ2) is 6.28. The maximum absolute atomic E-state index is 12.3. The van der Waals surface area contributed by atoms with Gasteiger partial charge >= 0.3 is 0 Å². The van der Waals surface area contributed by atoms with E-state index >= 15 is 0 Å². The Hall–Kier alpha value is 0.150. The smallest absolute Gasteiger partial charge is 0.243 e. The minimum Gasteiger partial charge on any atom is -0.381 e. The maximum Gasteiger partial charge on any atom is 0.243 e. The van der Waals surface area contributed by atoms with Crippen molar-refractivity contribution in [1.29, 1.82) is 0 Å². The van der Waals surface area contributed by atoms with E-state index in [0.29, 0.717) is 30.5 Å². The van der Waals surface area contributed by atoms with Crippen LogP contribution in [0.5, 0.6) is 0 Å². The van der Waals surface area contributed by atoms with Gasteiger partial charge in [0, 0.05) is 23.7 Å². The van der Waals surface area contributed by atoms with Crippen LogP contribution in [0.15, 0.2) is 21.5 Å². The molecule has 4 nitrogen and oxygen atoms in total. The molecule has 0 unspecified atom stereocenters. The Kier molecular flexibility index (Phi) is 5.14. The lowest BCUT2D eigenvalue weighted by molar-refractivity contribution is 0.0832. The molecule has 0 saturated carbocycles. The molecule has 2 rings (SSSR count). The van der Waals surface area contributed by atoms with Gasteiger partial charge < -0.3 is 4.74 Å². The first kappa shape index (κ1) is 15.5. The average Bonchev–Trinajstić information content (AvgIpc) is 2.27. The van der Waals surface area contributed by atoms with Gasteiger partial charge in [-0.15, -0.1) is 0 Å². The molecular formula is C11H12BrCl2NO3S. The number of hydrogen-bond acceptors (Lipinski definition) is 3. The minimum atomic E-state index is -3.73. The molecule has 0 aromatic heterocycles. The summed E-state index contributed by atoms with van der Waals surface area (Å²) in [6, 6.07) is 2.87. The summed E-state index contributed by atoms with van der Waals surface area (Å²) in [5.41, 5.74) is 0. The summed E-state index contributed by atoms with van der Waals surface area (Å²) >= 11 is 15.2. The summed E-state index contributed by atoms with van der Waals surface area (Å²) in [4.78, 5) is -0.0782. The third kappa shape index (κ3) is 3.83. The summed E-state index contributed by atoms with van der Waals surface area (Å²) in [6.07, 6.45) is 1.29. The molecule has 1 N–H and O–H groups in total. The van der Waals surface area contributed by atoms with Gasteiger partial charge in [-0.05, 0) is 25.0 Å². The van der Waals surface area contributed by atoms with Crippen LogP contribution in [-0.4, -0.2) is 27.7 Å². The van der Waals surface area contributed by atoms with Crippen LogP contribution in [0.25, 0.3) is 0 Å². The fourth-order valence-electron chi connectivity index (χ4n) is 1.88. The van der Waals surface area contributed by atoms with Crippen molar-refractivity contribution in [2.45, 2.75) is 23.8 Å². The molecule has 0 spiro atoms. The van der Waals surface area contributed by atoms with E-state index in [0.717, 1.165) is 0 Å². The number of benzene rings is 1. The Labute approximate surface area is 130 Å². The van der Waals surface area contributed by atoms with Crippen molar-refractivity contribution in [1.82, 2.24) is 4.72 Å². The van der Waals surface area contributed by atoms with Gasteiger partial charge in [0.05, 0.1) is 10.0 Å². The monoisotopic (exact) mass is 387 g/mol. The second-order valence-electron chi connectivity index (χ2n) is 4.21. The van der Waals surface area contributed by atoms with Crippen molar-refractivity contribution < 1.29 is 13.2 Å². The Morgan fingerprint density at radius 1 is 1.21 bits per heavy atom. The first-order valence-electron chi connectivity index (χ1n) is 5.65. The lowest BCUT2D eigenvalue weighted by Crippen LogP contribution is -2.39. The predicted molar refractivity (Wildman–Crippen MR) is 78.3 cm³/mol. The highest BCUT2D eigenvalue weighted by atomic mass is 79.9. The Bertz CT molecular complexity index is 550. The third-order valence-corrected chi connectivity index (χ3v) is 5.67. The van der Waals surface area contributed by atoms with Crippen LogP contribution < -0.4 is 4.72 Å². The van der Waals surface area contributed by atoms with E-state index in [1.54, 1.807) is 0 Å². The molecule has 1 aromatic rings. The quantitative estimate of drug-likeness (QED) is 0.864. The van der Waals surface area contributed by atoms with Gasteiger partial charge in [-0.25, -0.2) is 13.1 Å². The van der Waals surface area contributed by atoms with Crippen LogP contribution in [0.2, 0.25) is 10.0 Å². The lowest BCUT2D eigenvalue weighted by Gasteiger charge is -2.23. The Morgan fingerprint density at radius 2 is 1.74 bits per heavy atom. The highest BCUT2D eigenvalue weighted by molar-refractivity contribution is 9.10. The van der Waals surface area contributed by atoms with E-state index in [2.05, 4.69) is 20.7 Å². The maximum atomic E-state index is 12.3. The lowest BCUT2D eigenvalue weighted by atomic mass is 10.1. The van der Waals surface area contributed by atoms with Crippen molar-refractivity contribution in [3.63, 3.8) is 0 Å². The molecule has 19 heavy (non-hydrogen) atoms. The first-order chi connectivity index (χ1) is 8.90. The molecule has 0 aliphatic carbocycles. The highest BCUT2D eigenvalue weighted by Crippen LogP contribution is 2.33. The molecule has 8 heteroatoms. The fraction of sp³-hybridized carbons (Fsp3) is 0.455. The van der Waals surface area contributed by atoms with Crippen LogP contribution in [0, 0.1) is 0 Å². The third-order valence-electron chi connectivity index (χ3n) is 2.77. The van der Waals surface area contributed by atoms with E-state index in [1.165, 1.54) is 12.1 Å². The Morgan fingerprint density at radius 3 is 2.26 bits per heavy atom. The number of sulfonamides is 1. The van der Waals surface area contributed by atoms with Crippen LogP contribution in [0.1, 0.15) is 12.8 Å². The van der Waals surface area contributed by atoms with E-state index in [9.17, 15) is 8.42 Å². The van der Waals surface area contributed by atoms with Crippen molar-refractivity contribution in [3.8, 4) is 0 Å². The minimum absolute atomic E-state index is 0.0782. The van der Waals surface area contributed by atoms with Crippen molar-refractivity contribution in [2.24, 2.45) is 0 Å². The van der Waals surface area contributed by atoms with Crippen LogP contribution in [-0.2, 0) is 14.8 Å². The summed E-state index contributed by atoms with van der Waals surface area (Å²) < 4.78 is 33.1. The van der Waals surface area contributed by atoms with Gasteiger partial charge in [-0.2, -0.15) is 0 Å². The summed E-state index contributed by atoms with van der Waals surface area (Å²) in [6.45, 7) is 1.10. The van der Waals surface area contributed by atoms with Crippen molar-refractivity contribution in [3.05, 3.63) is 26.7 Å². The zero-order valence-corrected chi connectivity index (χ0v) is 13.7. The van der Waals surface area contributed by atoms with Crippen LogP contribution in [0.4, 0.5) is 0 Å². The van der Waals surface area contributed by atoms with E-state index in [-0.39, 0.29) is 21.0 Å². The SMILES string of the molecule is O=S(=O)(NC1CCOCC1)c1c(Cl)cc(Br)cc1Cl.